The quantitative estimate of drug-likeness (QED) is 0.0406. The molecule has 0 aliphatic rings. The van der Waals surface area contributed by atoms with Gasteiger partial charge < -0.3 is 9.84 Å². The van der Waals surface area contributed by atoms with Gasteiger partial charge in [-0.15, -0.1) is 0 Å². The zero-order valence-corrected chi connectivity index (χ0v) is 20.2. The van der Waals surface area contributed by atoms with Gasteiger partial charge >= 0.3 is 18.1 Å². The second-order valence-corrected chi connectivity index (χ2v) is 8.54. The molecule has 2 atom stereocenters. The Bertz CT molecular complexity index is 828. The number of benzene rings is 1. The first-order valence-corrected chi connectivity index (χ1v) is 12.1. The molecule has 202 valence electrons. The van der Waals surface area contributed by atoms with E-state index in [0.29, 0.717) is 24.8 Å². The van der Waals surface area contributed by atoms with Crippen LogP contribution in [0, 0.1) is 0 Å². The zero-order valence-electron chi connectivity index (χ0n) is 20.2. The second kappa shape index (κ2) is 16.9. The summed E-state index contributed by atoms with van der Waals surface area (Å²) in [6.07, 6.45) is 2.85. The summed E-state index contributed by atoms with van der Waals surface area (Å²) >= 11 is 0. The maximum atomic E-state index is 12.8. The molecule has 1 rings (SSSR count). The molecule has 0 amide bonds. The summed E-state index contributed by atoms with van der Waals surface area (Å²) in [4.78, 5) is 15.0. The molecule has 0 aliphatic heterocycles. The number of aliphatic hydroxyl groups is 1. The Morgan fingerprint density at radius 1 is 0.972 bits per heavy atom. The van der Waals surface area contributed by atoms with E-state index in [2.05, 4.69) is 10.0 Å². The first-order chi connectivity index (χ1) is 17.1. The van der Waals surface area contributed by atoms with Crippen molar-refractivity contribution in [1.29, 1.82) is 0 Å². The van der Waals surface area contributed by atoms with E-state index in [0.717, 1.165) is 38.5 Å². The summed E-state index contributed by atoms with van der Waals surface area (Å²) < 4.78 is 67.3. The largest absolute Gasteiger partial charge is 0.454 e. The first kappa shape index (κ1) is 31.4. The molecule has 0 radical (unpaired) electrons. The van der Waals surface area contributed by atoms with Crippen molar-refractivity contribution < 1.29 is 36.6 Å². The number of esters is 1. The van der Waals surface area contributed by atoms with Crippen LogP contribution in [0.5, 0.6) is 0 Å². The van der Waals surface area contributed by atoms with E-state index in [1.54, 1.807) is 36.4 Å². The van der Waals surface area contributed by atoms with Gasteiger partial charge in [-0.2, -0.15) is 22.0 Å². The molecule has 0 unspecified atom stereocenters. The topological polar surface area (TPSA) is 95.3 Å². The Labute approximate surface area is 208 Å². The Hall–Kier alpha value is -2.65. The van der Waals surface area contributed by atoms with Gasteiger partial charge in [-0.3, -0.25) is 0 Å². The highest BCUT2D eigenvalue weighted by Gasteiger charge is 2.56. The lowest BCUT2D eigenvalue weighted by atomic mass is 10.0. The van der Waals surface area contributed by atoms with Crippen LogP contribution in [0.3, 0.4) is 0 Å². The van der Waals surface area contributed by atoms with Crippen molar-refractivity contribution in [3.8, 4) is 0 Å². The number of allylic oxidation sites excluding steroid dienone is 1. The number of unbranched alkanes of at least 4 members (excludes halogenated alkanes) is 9. The number of azide groups is 1. The summed E-state index contributed by atoms with van der Waals surface area (Å²) in [6, 6.07) is 7.39. The van der Waals surface area contributed by atoms with Crippen molar-refractivity contribution in [2.75, 3.05) is 6.61 Å². The highest BCUT2D eigenvalue weighted by Crippen LogP contribution is 2.39. The molecule has 36 heavy (non-hydrogen) atoms. The van der Waals surface area contributed by atoms with Gasteiger partial charge in [0.15, 0.2) is 0 Å². The highest BCUT2D eigenvalue weighted by atomic mass is 19.4. The van der Waals surface area contributed by atoms with Crippen LogP contribution in [0.2, 0.25) is 0 Å². The van der Waals surface area contributed by atoms with Crippen molar-refractivity contribution in [3.05, 3.63) is 58.5 Å². The molecule has 0 heterocycles. The van der Waals surface area contributed by atoms with Crippen LogP contribution in [0.1, 0.15) is 81.0 Å². The average Bonchev–Trinajstić information content (AvgIpc) is 2.84. The third-order valence-corrected chi connectivity index (χ3v) is 5.62. The molecule has 0 fully saturated rings. The molecule has 0 aromatic heterocycles. The lowest BCUT2D eigenvalue weighted by Gasteiger charge is -2.19. The Balaban J connectivity index is 2.25. The summed E-state index contributed by atoms with van der Waals surface area (Å²) in [6.45, 7) is -0.480. The maximum absolute atomic E-state index is 12.8. The van der Waals surface area contributed by atoms with Crippen molar-refractivity contribution in [3.63, 3.8) is 0 Å². The van der Waals surface area contributed by atoms with E-state index in [1.807, 2.05) is 6.08 Å². The van der Waals surface area contributed by atoms with Crippen LogP contribution in [-0.4, -0.2) is 41.9 Å². The number of halogens is 5. The van der Waals surface area contributed by atoms with Crippen LogP contribution < -0.4 is 0 Å². The van der Waals surface area contributed by atoms with E-state index in [1.165, 1.54) is 0 Å². The van der Waals surface area contributed by atoms with Gasteiger partial charge in [-0.1, -0.05) is 74.3 Å². The van der Waals surface area contributed by atoms with Crippen LogP contribution in [0.25, 0.3) is 10.4 Å². The normalized spacial score (nSPS) is 13.8. The lowest BCUT2D eigenvalue weighted by Crippen LogP contribution is -2.36. The maximum Gasteiger partial charge on any atom is 0.453 e. The predicted octanol–water partition coefficient (Wildman–Crippen LogP) is 7.93. The number of nitrogens with zero attached hydrogens (tertiary/aromatic N) is 3. The SMILES string of the molecule is [N-]=[N+]=N[C@@H](CO)[C@@H](/C=C/CCCCCCCCCCCC(F)(F)C(F)(F)F)OC(=O)c1ccccc1. The molecule has 0 bridgehead atoms. The number of hydrogen-bond donors (Lipinski definition) is 1. The van der Waals surface area contributed by atoms with Crippen molar-refractivity contribution >= 4 is 5.97 Å². The fourth-order valence-corrected chi connectivity index (χ4v) is 3.50. The first-order valence-electron chi connectivity index (χ1n) is 12.1. The standard InChI is InChI=1S/C25H34F5N3O3/c26-24(27,25(28,29)30)18-14-9-7-5-3-1-2-4-6-8-13-17-22(21(19-34)32-33-31)36-23(35)20-15-11-10-12-16-20/h10-13,15-17,21-22,34H,1-9,14,18-19H2/b17-13+/t21-,22+/m0/s1. The highest BCUT2D eigenvalue weighted by molar-refractivity contribution is 5.89. The Morgan fingerprint density at radius 2 is 1.53 bits per heavy atom. The number of alkyl halides is 5. The van der Waals surface area contributed by atoms with Gasteiger partial charge in [-0.05, 0) is 43.0 Å². The van der Waals surface area contributed by atoms with Gasteiger partial charge in [-0.25, -0.2) is 4.79 Å². The molecule has 1 aromatic rings. The van der Waals surface area contributed by atoms with Gasteiger partial charge in [0.2, 0.25) is 0 Å². The average molecular weight is 520 g/mol. The molecular formula is C25H34F5N3O3. The summed E-state index contributed by atoms with van der Waals surface area (Å²) in [5.41, 5.74) is 9.05. The molecule has 1 aromatic carbocycles. The Morgan fingerprint density at radius 3 is 2.06 bits per heavy atom. The van der Waals surface area contributed by atoms with E-state index >= 15 is 0 Å². The minimum absolute atomic E-state index is 0.142. The fraction of sp³-hybridized carbons (Fsp3) is 0.640. The van der Waals surface area contributed by atoms with Crippen LogP contribution >= 0.6 is 0 Å². The van der Waals surface area contributed by atoms with Gasteiger partial charge in [0.1, 0.15) is 12.1 Å². The minimum Gasteiger partial charge on any atom is -0.454 e. The fourth-order valence-electron chi connectivity index (χ4n) is 3.50. The van der Waals surface area contributed by atoms with Crippen LogP contribution in [0.4, 0.5) is 22.0 Å². The van der Waals surface area contributed by atoms with Crippen molar-refractivity contribution in [2.24, 2.45) is 5.11 Å². The molecule has 0 saturated heterocycles. The number of carbonyl (C=O) groups excluding carboxylic acids is 1. The van der Waals surface area contributed by atoms with Crippen molar-refractivity contribution in [1.82, 2.24) is 0 Å². The van der Waals surface area contributed by atoms with E-state index in [-0.39, 0.29) is 6.42 Å². The molecule has 1 N–H and O–H groups in total. The van der Waals surface area contributed by atoms with E-state index in [9.17, 15) is 31.9 Å². The third-order valence-electron chi connectivity index (χ3n) is 5.62. The monoisotopic (exact) mass is 519 g/mol. The number of carbonyl (C=O) groups is 1. The smallest absolute Gasteiger partial charge is 0.453 e. The molecular weight excluding hydrogens is 485 g/mol. The molecule has 0 spiro atoms. The third kappa shape index (κ3) is 12.4. The molecule has 11 heteroatoms. The predicted molar refractivity (Wildman–Crippen MR) is 127 cm³/mol. The van der Waals surface area contributed by atoms with E-state index in [4.69, 9.17) is 10.3 Å². The molecule has 0 aliphatic carbocycles. The molecule has 6 nitrogen and oxygen atoms in total. The lowest BCUT2D eigenvalue weighted by molar-refractivity contribution is -0.284. The summed E-state index contributed by atoms with van der Waals surface area (Å²) in [5, 5.41) is 13.0. The van der Waals surface area contributed by atoms with Crippen LogP contribution in [-0.2, 0) is 4.74 Å². The molecule has 0 saturated carbocycles. The zero-order chi connectivity index (χ0) is 26.9. The second-order valence-electron chi connectivity index (χ2n) is 8.54. The van der Waals surface area contributed by atoms with Crippen molar-refractivity contribution in [2.45, 2.75) is 94.9 Å². The van der Waals surface area contributed by atoms with Crippen LogP contribution in [0.15, 0.2) is 47.6 Å². The number of rotatable bonds is 18. The number of ether oxygens (including phenoxy) is 1. The summed E-state index contributed by atoms with van der Waals surface area (Å²) in [7, 11) is 0. The minimum atomic E-state index is -5.47. The van der Waals surface area contributed by atoms with Gasteiger partial charge in [0.25, 0.3) is 0 Å². The number of hydrogen-bond acceptors (Lipinski definition) is 4. The Kier molecular flexibility index (Phi) is 14.7. The van der Waals surface area contributed by atoms with E-state index < -0.39 is 43.2 Å². The van der Waals surface area contributed by atoms with Gasteiger partial charge in [0, 0.05) is 11.3 Å². The van der Waals surface area contributed by atoms with Gasteiger partial charge in [0.05, 0.1) is 12.2 Å². The summed E-state index contributed by atoms with van der Waals surface area (Å²) in [5.74, 6) is -5.20. The number of aliphatic hydroxyl groups excluding tert-OH is 1.